The fourth-order valence-corrected chi connectivity index (χ4v) is 2.35. The van der Waals surface area contributed by atoms with Crippen LogP contribution in [0.15, 0.2) is 42.5 Å². The summed E-state index contributed by atoms with van der Waals surface area (Å²) in [6.07, 6.45) is 0. The van der Waals surface area contributed by atoms with Crippen LogP contribution >= 0.6 is 0 Å². The molecule has 16 heavy (non-hydrogen) atoms. The second-order valence-corrected chi connectivity index (χ2v) is 4.21. The van der Waals surface area contributed by atoms with Gasteiger partial charge in [0.2, 0.25) is 0 Å². The minimum Gasteiger partial charge on any atom is -0.252 e. The Bertz CT molecular complexity index is 683. The molecule has 0 amide bonds. The normalized spacial score (nSPS) is 11.1. The Kier molecular flexibility index (Phi) is 1.93. The number of fused-ring (bicyclic) bond motifs is 3. The van der Waals surface area contributed by atoms with Crippen molar-refractivity contribution in [3.8, 4) is 0 Å². The number of pyridine rings is 1. The average Bonchev–Trinajstić information content (AvgIpc) is 2.30. The zero-order chi connectivity index (χ0) is 11.1. The molecule has 1 heteroatoms. The number of nitrogens with zero attached hydrogens (tertiary/aromatic N) is 1. The predicted octanol–water partition coefficient (Wildman–Crippen LogP) is 4.00. The van der Waals surface area contributed by atoms with E-state index >= 15 is 0 Å². The lowest BCUT2D eigenvalue weighted by Gasteiger charge is -2.08. The molecule has 0 aliphatic heterocycles. The highest BCUT2D eigenvalue weighted by Crippen LogP contribution is 2.28. The van der Waals surface area contributed by atoms with Crippen molar-refractivity contribution in [2.24, 2.45) is 0 Å². The Hall–Kier alpha value is -1.89. The number of para-hydroxylation sites is 1. The fraction of sp³-hybridized carbons (Fsp3) is 0.133. The monoisotopic (exact) mass is 207 g/mol. The first-order valence-corrected chi connectivity index (χ1v) is 5.52. The molecule has 0 saturated heterocycles. The molecule has 1 heterocycles. The molecule has 1 nitrogen and oxygen atoms in total. The SMILES string of the molecule is Cc1nc2ccccc2c2c(C)cccc12. The van der Waals surface area contributed by atoms with Gasteiger partial charge in [-0.3, -0.25) is 4.98 Å². The van der Waals surface area contributed by atoms with Gasteiger partial charge >= 0.3 is 0 Å². The fourth-order valence-electron chi connectivity index (χ4n) is 2.35. The van der Waals surface area contributed by atoms with Crippen LogP contribution in [0.4, 0.5) is 0 Å². The lowest BCUT2D eigenvalue weighted by Crippen LogP contribution is -1.89. The molecule has 0 bridgehead atoms. The van der Waals surface area contributed by atoms with E-state index in [4.69, 9.17) is 0 Å². The maximum atomic E-state index is 4.64. The van der Waals surface area contributed by atoms with Crippen molar-refractivity contribution in [3.63, 3.8) is 0 Å². The van der Waals surface area contributed by atoms with Crippen molar-refractivity contribution in [2.45, 2.75) is 13.8 Å². The number of rotatable bonds is 0. The van der Waals surface area contributed by atoms with Gasteiger partial charge in [0.15, 0.2) is 0 Å². The number of hydrogen-bond acceptors (Lipinski definition) is 1. The van der Waals surface area contributed by atoms with E-state index < -0.39 is 0 Å². The van der Waals surface area contributed by atoms with Gasteiger partial charge in [-0.05, 0) is 30.9 Å². The quantitative estimate of drug-likeness (QED) is 0.508. The summed E-state index contributed by atoms with van der Waals surface area (Å²) in [5.41, 5.74) is 3.51. The largest absolute Gasteiger partial charge is 0.252 e. The van der Waals surface area contributed by atoms with Crippen LogP contribution < -0.4 is 0 Å². The van der Waals surface area contributed by atoms with E-state index in [1.807, 2.05) is 6.07 Å². The Morgan fingerprint density at radius 2 is 1.56 bits per heavy atom. The first-order chi connectivity index (χ1) is 7.77. The molecule has 78 valence electrons. The first-order valence-electron chi connectivity index (χ1n) is 5.52. The summed E-state index contributed by atoms with van der Waals surface area (Å²) in [5.74, 6) is 0. The van der Waals surface area contributed by atoms with Crippen LogP contribution in [0, 0.1) is 13.8 Å². The molecule has 0 fully saturated rings. The van der Waals surface area contributed by atoms with Crippen LogP contribution in [-0.4, -0.2) is 4.98 Å². The van der Waals surface area contributed by atoms with Crippen LogP contribution in [0.2, 0.25) is 0 Å². The summed E-state index contributed by atoms with van der Waals surface area (Å²) in [6, 6.07) is 14.8. The van der Waals surface area contributed by atoms with E-state index in [0.29, 0.717) is 0 Å². The topological polar surface area (TPSA) is 12.9 Å². The molecular formula is C15H13N. The van der Waals surface area contributed by atoms with Gasteiger partial charge in [-0.2, -0.15) is 0 Å². The van der Waals surface area contributed by atoms with Crippen LogP contribution in [0.25, 0.3) is 21.7 Å². The number of aryl methyl sites for hydroxylation is 2. The van der Waals surface area contributed by atoms with Crippen molar-refractivity contribution in [2.75, 3.05) is 0 Å². The molecule has 0 radical (unpaired) electrons. The lowest BCUT2D eigenvalue weighted by molar-refractivity contribution is 1.29. The summed E-state index contributed by atoms with van der Waals surface area (Å²) in [5, 5.41) is 3.85. The van der Waals surface area contributed by atoms with E-state index in [-0.39, 0.29) is 0 Å². The smallest absolute Gasteiger partial charge is 0.0711 e. The maximum Gasteiger partial charge on any atom is 0.0711 e. The molecular weight excluding hydrogens is 194 g/mol. The number of benzene rings is 2. The summed E-state index contributed by atoms with van der Waals surface area (Å²) in [7, 11) is 0. The van der Waals surface area contributed by atoms with Gasteiger partial charge in [-0.1, -0.05) is 36.4 Å². The molecule has 1 aromatic heterocycles. The predicted molar refractivity (Wildman–Crippen MR) is 68.7 cm³/mol. The van der Waals surface area contributed by atoms with Crippen LogP contribution in [0.3, 0.4) is 0 Å². The minimum absolute atomic E-state index is 1.09. The molecule has 0 N–H and O–H groups in total. The highest BCUT2D eigenvalue weighted by Gasteiger charge is 2.06. The van der Waals surface area contributed by atoms with Gasteiger partial charge in [-0.15, -0.1) is 0 Å². The summed E-state index contributed by atoms with van der Waals surface area (Å²) in [4.78, 5) is 4.64. The van der Waals surface area contributed by atoms with Gasteiger partial charge in [-0.25, -0.2) is 0 Å². The third-order valence-electron chi connectivity index (χ3n) is 3.12. The second kappa shape index (κ2) is 3.31. The summed E-state index contributed by atoms with van der Waals surface area (Å²) >= 11 is 0. The third-order valence-corrected chi connectivity index (χ3v) is 3.12. The van der Waals surface area contributed by atoms with Crippen LogP contribution in [0.1, 0.15) is 11.3 Å². The second-order valence-electron chi connectivity index (χ2n) is 4.21. The van der Waals surface area contributed by atoms with E-state index in [1.165, 1.54) is 21.7 Å². The van der Waals surface area contributed by atoms with Crippen molar-refractivity contribution < 1.29 is 0 Å². The van der Waals surface area contributed by atoms with Crippen LogP contribution in [-0.2, 0) is 0 Å². The molecule has 0 spiro atoms. The Morgan fingerprint density at radius 1 is 0.812 bits per heavy atom. The van der Waals surface area contributed by atoms with E-state index in [1.54, 1.807) is 0 Å². The molecule has 3 aromatic rings. The van der Waals surface area contributed by atoms with Crippen molar-refractivity contribution in [3.05, 3.63) is 53.7 Å². The van der Waals surface area contributed by atoms with Crippen molar-refractivity contribution in [1.29, 1.82) is 0 Å². The zero-order valence-corrected chi connectivity index (χ0v) is 9.49. The lowest BCUT2D eigenvalue weighted by atomic mass is 10.0. The Morgan fingerprint density at radius 3 is 2.44 bits per heavy atom. The standard InChI is InChI=1S/C15H13N/c1-10-6-5-8-12-11(2)16-14-9-4-3-7-13(14)15(10)12/h3-9H,1-2H3. The average molecular weight is 207 g/mol. The van der Waals surface area contributed by atoms with E-state index in [2.05, 4.69) is 55.2 Å². The molecule has 0 atom stereocenters. The highest BCUT2D eigenvalue weighted by molar-refractivity contribution is 6.08. The third kappa shape index (κ3) is 1.21. The zero-order valence-electron chi connectivity index (χ0n) is 9.49. The van der Waals surface area contributed by atoms with Crippen LogP contribution in [0.5, 0.6) is 0 Å². The molecule has 0 aliphatic carbocycles. The maximum absolute atomic E-state index is 4.64. The van der Waals surface area contributed by atoms with Gasteiger partial charge < -0.3 is 0 Å². The van der Waals surface area contributed by atoms with E-state index in [9.17, 15) is 0 Å². The highest BCUT2D eigenvalue weighted by atomic mass is 14.7. The molecule has 0 unspecified atom stereocenters. The van der Waals surface area contributed by atoms with Crippen molar-refractivity contribution in [1.82, 2.24) is 4.98 Å². The first kappa shape index (κ1) is 9.34. The van der Waals surface area contributed by atoms with E-state index in [0.717, 1.165) is 11.2 Å². The molecule has 2 aromatic carbocycles. The summed E-state index contributed by atoms with van der Waals surface area (Å²) in [6.45, 7) is 4.24. The van der Waals surface area contributed by atoms with Gasteiger partial charge in [0.25, 0.3) is 0 Å². The van der Waals surface area contributed by atoms with Crippen molar-refractivity contribution >= 4 is 21.7 Å². The molecule has 3 rings (SSSR count). The molecule has 0 aliphatic rings. The Balaban J connectivity index is 2.67. The number of aromatic nitrogens is 1. The Labute approximate surface area is 94.7 Å². The van der Waals surface area contributed by atoms with Gasteiger partial charge in [0.05, 0.1) is 5.52 Å². The van der Waals surface area contributed by atoms with Gasteiger partial charge in [0.1, 0.15) is 0 Å². The summed E-state index contributed by atoms with van der Waals surface area (Å²) < 4.78 is 0. The molecule has 0 saturated carbocycles. The number of hydrogen-bond donors (Lipinski definition) is 0. The van der Waals surface area contributed by atoms with Gasteiger partial charge in [0, 0.05) is 16.5 Å². The minimum atomic E-state index is 1.09.